The van der Waals surface area contributed by atoms with E-state index < -0.39 is 18.2 Å². The van der Waals surface area contributed by atoms with E-state index in [9.17, 15) is 15.0 Å². The lowest BCUT2D eigenvalue weighted by Crippen LogP contribution is -2.27. The Hall–Kier alpha value is -1.79. The number of aliphatic hydroxyl groups is 2. The summed E-state index contributed by atoms with van der Waals surface area (Å²) in [7, 11) is 0. The third-order valence-electron chi connectivity index (χ3n) is 2.29. The molecule has 16 heavy (non-hydrogen) atoms. The molecule has 0 aliphatic carbocycles. The standard InChI is InChI=1S/C10H10O6/c11-8(9(12)10(13)14)5-1-2-6-7(3-5)16-4-15-6/h1-3,8-9,11-12H,4H2,(H,13,14). The zero-order valence-corrected chi connectivity index (χ0v) is 8.16. The number of ether oxygens (including phenoxy) is 2. The molecule has 0 saturated carbocycles. The number of fused-ring (bicyclic) bond motifs is 1. The molecule has 1 heterocycles. The first kappa shape index (κ1) is 10.7. The van der Waals surface area contributed by atoms with Crippen molar-refractivity contribution in [3.63, 3.8) is 0 Å². The van der Waals surface area contributed by atoms with Crippen LogP contribution in [0.3, 0.4) is 0 Å². The molecule has 2 unspecified atom stereocenters. The van der Waals surface area contributed by atoms with Crippen LogP contribution in [0.4, 0.5) is 0 Å². The molecular formula is C10H10O6. The Morgan fingerprint density at radius 2 is 1.94 bits per heavy atom. The zero-order valence-electron chi connectivity index (χ0n) is 8.16. The molecule has 1 aliphatic rings. The molecule has 0 fully saturated rings. The maximum atomic E-state index is 10.5. The smallest absolute Gasteiger partial charge is 0.335 e. The molecule has 0 aromatic heterocycles. The van der Waals surface area contributed by atoms with Crippen molar-refractivity contribution in [3.05, 3.63) is 23.8 Å². The van der Waals surface area contributed by atoms with Crippen molar-refractivity contribution < 1.29 is 29.6 Å². The summed E-state index contributed by atoms with van der Waals surface area (Å²) in [5, 5.41) is 27.3. The Morgan fingerprint density at radius 1 is 1.25 bits per heavy atom. The molecular weight excluding hydrogens is 216 g/mol. The topological polar surface area (TPSA) is 96.2 Å². The SMILES string of the molecule is O=C(O)C(O)C(O)c1ccc2c(c1)OCO2. The monoisotopic (exact) mass is 226 g/mol. The van der Waals surface area contributed by atoms with E-state index in [2.05, 4.69) is 0 Å². The van der Waals surface area contributed by atoms with Gasteiger partial charge in [-0.25, -0.2) is 4.79 Å². The van der Waals surface area contributed by atoms with Crippen LogP contribution in [0.25, 0.3) is 0 Å². The van der Waals surface area contributed by atoms with Crippen LogP contribution in [0.1, 0.15) is 11.7 Å². The lowest BCUT2D eigenvalue weighted by molar-refractivity contribution is -0.153. The zero-order chi connectivity index (χ0) is 11.7. The van der Waals surface area contributed by atoms with E-state index in [0.29, 0.717) is 11.5 Å². The van der Waals surface area contributed by atoms with Gasteiger partial charge >= 0.3 is 5.97 Å². The molecule has 0 spiro atoms. The van der Waals surface area contributed by atoms with E-state index in [1.54, 1.807) is 6.07 Å². The van der Waals surface area contributed by atoms with Crippen LogP contribution < -0.4 is 9.47 Å². The summed E-state index contributed by atoms with van der Waals surface area (Å²) in [4.78, 5) is 10.5. The molecule has 2 atom stereocenters. The number of rotatable bonds is 3. The molecule has 0 radical (unpaired) electrons. The summed E-state index contributed by atoms with van der Waals surface area (Å²) in [6.07, 6.45) is -3.35. The van der Waals surface area contributed by atoms with Gasteiger partial charge in [0.25, 0.3) is 0 Å². The van der Waals surface area contributed by atoms with Crippen LogP contribution in [0.15, 0.2) is 18.2 Å². The number of hydrogen-bond acceptors (Lipinski definition) is 5. The normalized spacial score (nSPS) is 16.9. The number of aliphatic carboxylic acids is 1. The third kappa shape index (κ3) is 1.80. The molecule has 1 aromatic rings. The highest BCUT2D eigenvalue weighted by atomic mass is 16.7. The molecule has 6 heteroatoms. The van der Waals surface area contributed by atoms with Crippen LogP contribution in [-0.4, -0.2) is 34.2 Å². The number of hydrogen-bond donors (Lipinski definition) is 3. The van der Waals surface area contributed by atoms with Gasteiger partial charge in [0.2, 0.25) is 6.79 Å². The van der Waals surface area contributed by atoms with Gasteiger partial charge in [-0.2, -0.15) is 0 Å². The van der Waals surface area contributed by atoms with Gasteiger partial charge < -0.3 is 24.8 Å². The van der Waals surface area contributed by atoms with Crippen LogP contribution >= 0.6 is 0 Å². The first-order valence-corrected chi connectivity index (χ1v) is 4.58. The number of aliphatic hydroxyl groups excluding tert-OH is 2. The van der Waals surface area contributed by atoms with Crippen molar-refractivity contribution in [3.8, 4) is 11.5 Å². The van der Waals surface area contributed by atoms with Gasteiger partial charge in [-0.1, -0.05) is 6.07 Å². The largest absolute Gasteiger partial charge is 0.479 e. The summed E-state index contributed by atoms with van der Waals surface area (Å²) >= 11 is 0. The highest BCUT2D eigenvalue weighted by molar-refractivity contribution is 5.73. The number of carboxylic acid groups (broad SMARTS) is 1. The van der Waals surface area contributed by atoms with Gasteiger partial charge in [-0.3, -0.25) is 0 Å². The van der Waals surface area contributed by atoms with Crippen molar-refractivity contribution in [1.82, 2.24) is 0 Å². The van der Waals surface area contributed by atoms with Gasteiger partial charge in [-0.05, 0) is 17.7 Å². The molecule has 3 N–H and O–H groups in total. The van der Waals surface area contributed by atoms with Crippen molar-refractivity contribution in [2.24, 2.45) is 0 Å². The predicted octanol–water partition coefficient (Wildman–Crippen LogP) is -0.106. The maximum absolute atomic E-state index is 10.5. The minimum absolute atomic E-state index is 0.0936. The van der Waals surface area contributed by atoms with Gasteiger partial charge in [0, 0.05) is 0 Å². The van der Waals surface area contributed by atoms with Crippen LogP contribution in [-0.2, 0) is 4.79 Å². The number of benzene rings is 1. The third-order valence-corrected chi connectivity index (χ3v) is 2.29. The summed E-state index contributed by atoms with van der Waals surface area (Å²) < 4.78 is 10.1. The molecule has 0 bridgehead atoms. The first-order chi connectivity index (χ1) is 7.59. The summed E-state index contributed by atoms with van der Waals surface area (Å²) in [5.41, 5.74) is 0.263. The van der Waals surface area contributed by atoms with E-state index in [-0.39, 0.29) is 12.4 Å². The average molecular weight is 226 g/mol. The van der Waals surface area contributed by atoms with Crippen LogP contribution in [0.5, 0.6) is 11.5 Å². The summed E-state index contributed by atoms with van der Waals surface area (Å²) in [6.45, 7) is 0.0936. The summed E-state index contributed by atoms with van der Waals surface area (Å²) in [6, 6.07) is 4.47. The van der Waals surface area contributed by atoms with E-state index in [0.717, 1.165) is 0 Å². The van der Waals surface area contributed by atoms with Crippen molar-refractivity contribution >= 4 is 5.97 Å². The maximum Gasteiger partial charge on any atom is 0.335 e. The lowest BCUT2D eigenvalue weighted by atomic mass is 10.0. The quantitative estimate of drug-likeness (QED) is 0.665. The molecule has 86 valence electrons. The van der Waals surface area contributed by atoms with Crippen LogP contribution in [0, 0.1) is 0 Å². The second-order valence-electron chi connectivity index (χ2n) is 3.34. The Kier molecular flexibility index (Phi) is 2.67. The molecule has 1 aromatic carbocycles. The number of carbonyl (C=O) groups is 1. The van der Waals surface area contributed by atoms with Gasteiger partial charge in [0.05, 0.1) is 0 Å². The Balaban J connectivity index is 2.24. The van der Waals surface area contributed by atoms with E-state index in [4.69, 9.17) is 14.6 Å². The second-order valence-corrected chi connectivity index (χ2v) is 3.34. The second kappa shape index (κ2) is 3.99. The van der Waals surface area contributed by atoms with E-state index in [1.165, 1.54) is 12.1 Å². The Labute approximate surface area is 90.7 Å². The fraction of sp³-hybridized carbons (Fsp3) is 0.300. The van der Waals surface area contributed by atoms with Crippen LogP contribution in [0.2, 0.25) is 0 Å². The summed E-state index contributed by atoms with van der Waals surface area (Å²) in [5.74, 6) is -0.528. The lowest BCUT2D eigenvalue weighted by Gasteiger charge is -2.14. The van der Waals surface area contributed by atoms with E-state index in [1.807, 2.05) is 0 Å². The fourth-order valence-corrected chi connectivity index (χ4v) is 1.41. The average Bonchev–Trinajstić information content (AvgIpc) is 2.73. The Morgan fingerprint density at radius 3 is 2.62 bits per heavy atom. The molecule has 0 amide bonds. The highest BCUT2D eigenvalue weighted by Crippen LogP contribution is 2.34. The number of carboxylic acids is 1. The molecule has 0 saturated heterocycles. The molecule has 2 rings (SSSR count). The minimum atomic E-state index is -1.86. The fourth-order valence-electron chi connectivity index (χ4n) is 1.41. The van der Waals surface area contributed by atoms with Gasteiger partial charge in [-0.15, -0.1) is 0 Å². The van der Waals surface area contributed by atoms with Crippen molar-refractivity contribution in [2.75, 3.05) is 6.79 Å². The minimum Gasteiger partial charge on any atom is -0.479 e. The van der Waals surface area contributed by atoms with Crippen molar-refractivity contribution in [2.45, 2.75) is 12.2 Å². The predicted molar refractivity (Wildman–Crippen MR) is 51.2 cm³/mol. The molecule has 6 nitrogen and oxygen atoms in total. The van der Waals surface area contributed by atoms with Gasteiger partial charge in [0.15, 0.2) is 17.6 Å². The Bertz CT molecular complexity index is 416. The first-order valence-electron chi connectivity index (χ1n) is 4.58. The highest BCUT2D eigenvalue weighted by Gasteiger charge is 2.26. The molecule has 1 aliphatic heterocycles. The van der Waals surface area contributed by atoms with E-state index >= 15 is 0 Å². The van der Waals surface area contributed by atoms with Gasteiger partial charge in [0.1, 0.15) is 6.10 Å². The van der Waals surface area contributed by atoms with Crippen molar-refractivity contribution in [1.29, 1.82) is 0 Å².